The number of carbonyl (C=O) groups excluding carboxylic acids is 6. The van der Waals surface area contributed by atoms with Crippen molar-refractivity contribution < 1.29 is 28.8 Å². The molecule has 6 aromatic carbocycles. The molecule has 12 heteroatoms. The molecule has 0 bridgehead atoms. The second-order valence-electron chi connectivity index (χ2n) is 14.5. The van der Waals surface area contributed by atoms with E-state index in [1.165, 1.54) is 0 Å². The molecule has 0 radical (unpaired) electrons. The van der Waals surface area contributed by atoms with Gasteiger partial charge in [-0.15, -0.1) is 0 Å². The van der Waals surface area contributed by atoms with Crippen molar-refractivity contribution in [2.45, 2.75) is 36.4 Å². The van der Waals surface area contributed by atoms with E-state index in [0.29, 0.717) is 37.1 Å². The van der Waals surface area contributed by atoms with Gasteiger partial charge in [-0.05, 0) is 81.6 Å². The van der Waals surface area contributed by atoms with Crippen molar-refractivity contribution >= 4 is 57.6 Å². The van der Waals surface area contributed by atoms with Crippen LogP contribution in [-0.4, -0.2) is 56.6 Å². The minimum Gasteiger partial charge on any atom is -0.348 e. The summed E-state index contributed by atoms with van der Waals surface area (Å²) in [6.07, 6.45) is 1.01. The van der Waals surface area contributed by atoms with Gasteiger partial charge < -0.3 is 10.2 Å². The van der Waals surface area contributed by atoms with E-state index in [0.717, 1.165) is 68.0 Å². The molecule has 10 nitrogen and oxygen atoms in total. The van der Waals surface area contributed by atoms with Gasteiger partial charge in [-0.1, -0.05) is 157 Å². The summed E-state index contributed by atoms with van der Waals surface area (Å²) >= 11 is 2.07. The Hall–Kier alpha value is -6.76. The lowest BCUT2D eigenvalue weighted by Gasteiger charge is -2.18. The van der Waals surface area contributed by atoms with Gasteiger partial charge in [-0.2, -0.15) is 0 Å². The summed E-state index contributed by atoms with van der Waals surface area (Å²) in [6, 6.07) is 50.5. The molecule has 2 atom stereocenters. The Morgan fingerprint density at radius 2 is 0.984 bits per heavy atom. The van der Waals surface area contributed by atoms with Crippen molar-refractivity contribution in [2.24, 2.45) is 0 Å². The third-order valence-electron chi connectivity index (χ3n) is 10.1. The average Bonchev–Trinajstić information content (AvgIpc) is 3.79. The summed E-state index contributed by atoms with van der Waals surface area (Å²) in [7, 11) is 1.80. The smallest absolute Gasteiger partial charge is 0.286 e. The van der Waals surface area contributed by atoms with Gasteiger partial charge in [0.1, 0.15) is 0 Å². The van der Waals surface area contributed by atoms with Gasteiger partial charge >= 0.3 is 0 Å². The number of carbonyl (C=O) groups is 6. The first kappa shape index (κ1) is 42.4. The number of nitrogens with zero attached hydrogens (tertiary/aromatic N) is 1. The molecule has 0 aliphatic carbocycles. The Kier molecular flexibility index (Phi) is 13.9. The van der Waals surface area contributed by atoms with Crippen LogP contribution in [0.4, 0.5) is 9.59 Å². The predicted octanol–water partition coefficient (Wildman–Crippen LogP) is 8.70. The molecular formula is C49H42N4O6S2. The predicted molar refractivity (Wildman–Crippen MR) is 241 cm³/mol. The highest BCUT2D eigenvalue weighted by molar-refractivity contribution is 8.15. The molecule has 61 heavy (non-hydrogen) atoms. The molecule has 6 amide bonds. The van der Waals surface area contributed by atoms with Crippen molar-refractivity contribution in [3.8, 4) is 22.3 Å². The highest BCUT2D eigenvalue weighted by atomic mass is 32.2. The molecule has 8 rings (SSSR count). The van der Waals surface area contributed by atoms with Crippen LogP contribution in [0.2, 0.25) is 0 Å². The number of benzene rings is 6. The van der Waals surface area contributed by atoms with Crippen LogP contribution in [-0.2, 0) is 35.5 Å². The van der Waals surface area contributed by atoms with Gasteiger partial charge in [0, 0.05) is 31.3 Å². The number of thioether (sulfide) groups is 2. The van der Waals surface area contributed by atoms with Crippen LogP contribution < -0.4 is 16.0 Å². The zero-order valence-electron chi connectivity index (χ0n) is 33.2. The van der Waals surface area contributed by atoms with Crippen molar-refractivity contribution in [1.82, 2.24) is 20.9 Å². The summed E-state index contributed by atoms with van der Waals surface area (Å²) in [5.41, 5.74) is 9.21. The number of rotatable bonds is 12. The van der Waals surface area contributed by atoms with E-state index in [-0.39, 0.29) is 44.6 Å². The zero-order chi connectivity index (χ0) is 42.7. The maximum absolute atomic E-state index is 12.9. The molecule has 2 fully saturated rings. The Bertz CT molecular complexity index is 2550. The first-order valence-corrected chi connectivity index (χ1v) is 21.4. The first-order valence-electron chi connectivity index (χ1n) is 19.6. The van der Waals surface area contributed by atoms with Crippen LogP contribution in [0.15, 0.2) is 158 Å². The normalized spacial score (nSPS) is 15.6. The molecule has 2 unspecified atom stereocenters. The Morgan fingerprint density at radius 1 is 0.525 bits per heavy atom. The standard InChI is InChI=1S/C25H22N2O3S.C24H20N2O3S/c1-27(16-18-6-3-2-4-7-18)24(29)21-9-5-8-20(15-21)19-12-10-17(11-13-19)14-22-23(28)26-25(30)31-22;27-22(25-15-17-5-2-1-3-6-17)20-8-4-7-19(14-20)18-11-9-16(10-12-18)13-21-23(28)26-24(29)30-21/h2-13,15,22H,14,16H2,1H3,(H,26,28,30);1-12,14,21H,13,15H2,(H,25,27)(H,26,28,29). The lowest BCUT2D eigenvalue weighted by atomic mass is 10.00. The summed E-state index contributed by atoms with van der Waals surface area (Å²) in [5, 5.41) is 6.24. The van der Waals surface area contributed by atoms with Crippen LogP contribution in [0.1, 0.15) is 43.0 Å². The largest absolute Gasteiger partial charge is 0.348 e. The second-order valence-corrected chi connectivity index (χ2v) is 16.9. The third-order valence-corrected chi connectivity index (χ3v) is 12.1. The summed E-state index contributed by atoms with van der Waals surface area (Å²) in [5.74, 6) is -0.615. The first-order chi connectivity index (χ1) is 29.6. The molecule has 3 N–H and O–H groups in total. The maximum atomic E-state index is 12.9. The number of nitrogens with one attached hydrogen (secondary N) is 3. The van der Waals surface area contributed by atoms with Crippen molar-refractivity contribution in [3.05, 3.63) is 191 Å². The van der Waals surface area contributed by atoms with E-state index in [2.05, 4.69) is 16.0 Å². The van der Waals surface area contributed by atoms with E-state index in [4.69, 9.17) is 0 Å². The molecule has 2 aliphatic rings. The van der Waals surface area contributed by atoms with E-state index >= 15 is 0 Å². The summed E-state index contributed by atoms with van der Waals surface area (Å²) < 4.78 is 0. The third kappa shape index (κ3) is 11.5. The molecule has 0 saturated carbocycles. The van der Waals surface area contributed by atoms with Crippen LogP contribution in [0.5, 0.6) is 0 Å². The average molecular weight is 847 g/mol. The topological polar surface area (TPSA) is 142 Å². The molecule has 2 heterocycles. The fourth-order valence-corrected chi connectivity index (χ4v) is 8.57. The Morgan fingerprint density at radius 3 is 1.46 bits per heavy atom. The van der Waals surface area contributed by atoms with Crippen LogP contribution in [0, 0.1) is 0 Å². The van der Waals surface area contributed by atoms with Crippen molar-refractivity contribution in [2.75, 3.05) is 7.05 Å². The fourth-order valence-electron chi connectivity index (χ4n) is 6.85. The number of hydrogen-bond donors (Lipinski definition) is 3. The highest BCUT2D eigenvalue weighted by Gasteiger charge is 2.32. The molecular weight excluding hydrogens is 805 g/mol. The minimum atomic E-state index is -0.376. The second kappa shape index (κ2) is 20.0. The lowest BCUT2D eigenvalue weighted by molar-refractivity contribution is -0.119. The van der Waals surface area contributed by atoms with Crippen molar-refractivity contribution in [3.63, 3.8) is 0 Å². The number of hydrogen-bond acceptors (Lipinski definition) is 8. The van der Waals surface area contributed by atoms with Crippen LogP contribution >= 0.6 is 23.5 Å². The van der Waals surface area contributed by atoms with E-state index in [9.17, 15) is 28.8 Å². The Labute approximate surface area is 362 Å². The molecule has 2 saturated heterocycles. The monoisotopic (exact) mass is 846 g/mol. The summed E-state index contributed by atoms with van der Waals surface area (Å²) in [6.45, 7) is 1.03. The highest BCUT2D eigenvalue weighted by Crippen LogP contribution is 2.27. The molecule has 6 aromatic rings. The maximum Gasteiger partial charge on any atom is 0.286 e. The van der Waals surface area contributed by atoms with Crippen LogP contribution in [0.25, 0.3) is 22.3 Å². The van der Waals surface area contributed by atoms with E-state index in [1.54, 1.807) is 18.0 Å². The fraction of sp³-hybridized carbons (Fsp3) is 0.143. The van der Waals surface area contributed by atoms with E-state index < -0.39 is 0 Å². The minimum absolute atomic E-state index is 0.0312. The number of amides is 6. The number of imide groups is 2. The summed E-state index contributed by atoms with van der Waals surface area (Å²) in [4.78, 5) is 73.3. The van der Waals surface area contributed by atoms with Gasteiger partial charge in [-0.25, -0.2) is 0 Å². The lowest BCUT2D eigenvalue weighted by Crippen LogP contribution is -2.26. The van der Waals surface area contributed by atoms with Crippen LogP contribution in [0.3, 0.4) is 0 Å². The molecule has 306 valence electrons. The van der Waals surface area contributed by atoms with Gasteiger partial charge in [-0.3, -0.25) is 39.4 Å². The van der Waals surface area contributed by atoms with E-state index in [1.807, 2.05) is 152 Å². The molecule has 0 aromatic heterocycles. The van der Waals surface area contributed by atoms with Gasteiger partial charge in [0.05, 0.1) is 10.5 Å². The molecule has 0 spiro atoms. The zero-order valence-corrected chi connectivity index (χ0v) is 34.8. The van der Waals surface area contributed by atoms with Gasteiger partial charge in [0.25, 0.3) is 22.3 Å². The Balaban J connectivity index is 0.000000184. The SMILES string of the molecule is CN(Cc1ccccc1)C(=O)c1cccc(-c2ccc(CC3SC(=O)NC3=O)cc2)c1.O=C1NC(=O)C(Cc2ccc(-c3cccc(C(=O)NCc4ccccc4)c3)cc2)S1. The molecule has 2 aliphatic heterocycles. The van der Waals surface area contributed by atoms with Crippen molar-refractivity contribution in [1.29, 1.82) is 0 Å². The van der Waals surface area contributed by atoms with Gasteiger partial charge in [0.2, 0.25) is 11.8 Å². The quantitative estimate of drug-likeness (QED) is 0.111. The van der Waals surface area contributed by atoms with Gasteiger partial charge in [0.15, 0.2) is 0 Å².